The molecule has 0 bridgehead atoms. The fraction of sp³-hybridized carbons (Fsp3) is 0.917. The summed E-state index contributed by atoms with van der Waals surface area (Å²) in [5, 5.41) is 0. The molecule has 2 unspecified atom stereocenters. The normalized spacial score (nSPS) is 16.0. The van der Waals surface area contributed by atoms with E-state index in [1.54, 1.807) is 20.8 Å². The topological polar surface area (TPSA) is 26.3 Å². The second kappa shape index (κ2) is 6.16. The molecule has 2 nitrogen and oxygen atoms in total. The predicted molar refractivity (Wildman–Crippen MR) is 59.4 cm³/mol. The highest BCUT2D eigenvalue weighted by Crippen LogP contribution is 2.30. The minimum atomic E-state index is -2.95. The molecule has 0 saturated heterocycles. The highest BCUT2D eigenvalue weighted by Gasteiger charge is 2.42. The molecule has 0 fully saturated rings. The van der Waals surface area contributed by atoms with Crippen LogP contribution < -0.4 is 0 Å². The second-order valence-corrected chi connectivity index (χ2v) is 4.53. The summed E-state index contributed by atoms with van der Waals surface area (Å²) in [5.74, 6) is -4.19. The quantitative estimate of drug-likeness (QED) is 0.658. The van der Waals surface area contributed by atoms with E-state index in [9.17, 15) is 13.6 Å². The van der Waals surface area contributed by atoms with Gasteiger partial charge in [-0.3, -0.25) is 4.79 Å². The first-order valence-electron chi connectivity index (χ1n) is 5.84. The van der Waals surface area contributed by atoms with Gasteiger partial charge < -0.3 is 4.74 Å². The van der Waals surface area contributed by atoms with Crippen molar-refractivity contribution in [1.82, 2.24) is 0 Å². The van der Waals surface area contributed by atoms with Gasteiger partial charge in [-0.15, -0.1) is 0 Å². The number of halogens is 2. The smallest absolute Gasteiger partial charge is 0.309 e. The minimum Gasteiger partial charge on any atom is -0.455 e. The van der Waals surface area contributed by atoms with Crippen molar-refractivity contribution >= 4 is 5.97 Å². The van der Waals surface area contributed by atoms with E-state index >= 15 is 0 Å². The monoisotopic (exact) mass is 236 g/mol. The maximum Gasteiger partial charge on any atom is 0.309 e. The maximum absolute atomic E-state index is 13.5. The Hall–Kier alpha value is -0.670. The van der Waals surface area contributed by atoms with Gasteiger partial charge in [0.05, 0.1) is 5.92 Å². The Kier molecular flexibility index (Phi) is 5.90. The van der Waals surface area contributed by atoms with Crippen LogP contribution in [0.2, 0.25) is 0 Å². The summed E-state index contributed by atoms with van der Waals surface area (Å²) >= 11 is 0. The molecule has 16 heavy (non-hydrogen) atoms. The first kappa shape index (κ1) is 15.3. The molecule has 0 rings (SSSR count). The van der Waals surface area contributed by atoms with E-state index in [0.717, 1.165) is 0 Å². The molecule has 0 spiro atoms. The summed E-state index contributed by atoms with van der Waals surface area (Å²) in [6, 6.07) is 0. The van der Waals surface area contributed by atoms with E-state index in [1.165, 1.54) is 6.92 Å². The van der Waals surface area contributed by atoms with Gasteiger partial charge in [-0.05, 0) is 12.3 Å². The largest absolute Gasteiger partial charge is 0.455 e. The molecular weight excluding hydrogens is 214 g/mol. The van der Waals surface area contributed by atoms with E-state index in [2.05, 4.69) is 0 Å². The van der Waals surface area contributed by atoms with Gasteiger partial charge in [-0.1, -0.05) is 34.6 Å². The van der Waals surface area contributed by atoms with Crippen molar-refractivity contribution in [3.05, 3.63) is 0 Å². The van der Waals surface area contributed by atoms with Crippen molar-refractivity contribution in [2.24, 2.45) is 11.8 Å². The van der Waals surface area contributed by atoms with E-state index in [-0.39, 0.29) is 18.3 Å². The lowest BCUT2D eigenvalue weighted by atomic mass is 9.98. The number of carbonyl (C=O) groups excluding carboxylic acids is 1. The van der Waals surface area contributed by atoms with Gasteiger partial charge >= 0.3 is 5.97 Å². The molecule has 96 valence electrons. The molecular formula is C12H22F2O2. The highest BCUT2D eigenvalue weighted by atomic mass is 19.3. The lowest BCUT2D eigenvalue weighted by Gasteiger charge is -2.29. The molecule has 0 aliphatic heterocycles. The summed E-state index contributed by atoms with van der Waals surface area (Å²) < 4.78 is 32.0. The van der Waals surface area contributed by atoms with Gasteiger partial charge in [0.25, 0.3) is 5.92 Å². The Balaban J connectivity index is 4.65. The summed E-state index contributed by atoms with van der Waals surface area (Å²) in [5.41, 5.74) is 0. The number of alkyl halides is 2. The zero-order chi connectivity index (χ0) is 12.9. The van der Waals surface area contributed by atoms with Crippen LogP contribution in [0, 0.1) is 11.8 Å². The van der Waals surface area contributed by atoms with Gasteiger partial charge in [0, 0.05) is 6.42 Å². The van der Waals surface area contributed by atoms with E-state index in [4.69, 9.17) is 4.74 Å². The number of rotatable bonds is 6. The maximum atomic E-state index is 13.5. The van der Waals surface area contributed by atoms with Gasteiger partial charge in [-0.2, -0.15) is 0 Å². The van der Waals surface area contributed by atoms with Crippen LogP contribution in [0.5, 0.6) is 0 Å². The number of carbonyl (C=O) groups is 1. The lowest BCUT2D eigenvalue weighted by molar-refractivity contribution is -0.185. The van der Waals surface area contributed by atoms with Crippen LogP contribution in [-0.4, -0.2) is 18.0 Å². The fourth-order valence-corrected chi connectivity index (χ4v) is 1.32. The summed E-state index contributed by atoms with van der Waals surface area (Å²) in [4.78, 5) is 11.5. The van der Waals surface area contributed by atoms with Crippen molar-refractivity contribution < 1.29 is 18.3 Å². The Morgan fingerprint density at radius 2 is 1.75 bits per heavy atom. The van der Waals surface area contributed by atoms with Crippen molar-refractivity contribution in [3.8, 4) is 0 Å². The average Bonchev–Trinajstić information content (AvgIpc) is 2.23. The van der Waals surface area contributed by atoms with Gasteiger partial charge in [-0.25, -0.2) is 8.78 Å². The summed E-state index contributed by atoms with van der Waals surface area (Å²) in [6.45, 7) is 8.18. The van der Waals surface area contributed by atoms with Crippen LogP contribution in [0.4, 0.5) is 8.78 Å². The lowest BCUT2D eigenvalue weighted by Crippen LogP contribution is -2.41. The van der Waals surface area contributed by atoms with Crippen LogP contribution in [0.3, 0.4) is 0 Å². The highest BCUT2D eigenvalue weighted by molar-refractivity contribution is 5.72. The number of esters is 1. The summed E-state index contributed by atoms with van der Waals surface area (Å²) in [7, 11) is 0. The van der Waals surface area contributed by atoms with Crippen molar-refractivity contribution in [3.63, 3.8) is 0 Å². The molecule has 0 amide bonds. The fourth-order valence-electron chi connectivity index (χ4n) is 1.32. The van der Waals surface area contributed by atoms with Crippen LogP contribution in [-0.2, 0) is 9.53 Å². The molecule has 0 N–H and O–H groups in total. The standard InChI is InChI=1S/C12H22F2O2/c1-6-9(5)11(15)16-10(8(3)4)12(13,14)7-2/h8-10H,6-7H2,1-5H3. The predicted octanol–water partition coefficient (Wildman–Crippen LogP) is 3.65. The molecule has 0 heterocycles. The molecule has 4 heteroatoms. The number of hydrogen-bond donors (Lipinski definition) is 0. The Morgan fingerprint density at radius 1 is 1.25 bits per heavy atom. The SMILES string of the molecule is CCC(C)C(=O)OC(C(C)C)C(F)(F)CC. The van der Waals surface area contributed by atoms with Gasteiger partial charge in [0.1, 0.15) is 0 Å². The van der Waals surface area contributed by atoms with Crippen molar-refractivity contribution in [2.45, 2.75) is 59.5 Å². The van der Waals surface area contributed by atoms with Crippen molar-refractivity contribution in [1.29, 1.82) is 0 Å². The Morgan fingerprint density at radius 3 is 2.06 bits per heavy atom. The second-order valence-electron chi connectivity index (χ2n) is 4.53. The third-order valence-corrected chi connectivity index (χ3v) is 2.75. The molecule has 2 atom stereocenters. The van der Waals surface area contributed by atoms with Crippen LogP contribution >= 0.6 is 0 Å². The molecule has 0 radical (unpaired) electrons. The van der Waals surface area contributed by atoms with Crippen LogP contribution in [0.25, 0.3) is 0 Å². The molecule has 0 aromatic rings. The van der Waals surface area contributed by atoms with Crippen LogP contribution in [0.15, 0.2) is 0 Å². The average molecular weight is 236 g/mol. The van der Waals surface area contributed by atoms with E-state index in [0.29, 0.717) is 6.42 Å². The van der Waals surface area contributed by atoms with E-state index in [1.807, 2.05) is 6.92 Å². The molecule has 0 aromatic carbocycles. The molecule has 0 aromatic heterocycles. The number of hydrogen-bond acceptors (Lipinski definition) is 2. The zero-order valence-corrected chi connectivity index (χ0v) is 10.7. The zero-order valence-electron chi connectivity index (χ0n) is 10.7. The number of ether oxygens (including phenoxy) is 1. The molecule has 0 aliphatic carbocycles. The first-order chi connectivity index (χ1) is 7.26. The third-order valence-electron chi connectivity index (χ3n) is 2.75. The minimum absolute atomic E-state index is 0.316. The van der Waals surface area contributed by atoms with Crippen molar-refractivity contribution in [2.75, 3.05) is 0 Å². The Labute approximate surface area is 96.4 Å². The molecule has 0 saturated carbocycles. The van der Waals surface area contributed by atoms with E-state index < -0.39 is 18.0 Å². The Bertz CT molecular complexity index is 227. The summed E-state index contributed by atoms with van der Waals surface area (Å²) in [6.07, 6.45) is -1.04. The van der Waals surface area contributed by atoms with Gasteiger partial charge in [0.2, 0.25) is 0 Å². The van der Waals surface area contributed by atoms with Gasteiger partial charge in [0.15, 0.2) is 6.10 Å². The van der Waals surface area contributed by atoms with Crippen LogP contribution in [0.1, 0.15) is 47.5 Å². The third kappa shape index (κ3) is 4.06. The molecule has 0 aliphatic rings. The first-order valence-corrected chi connectivity index (χ1v) is 5.84.